The number of aliphatic imine (C=N–C) groups is 1. The van der Waals surface area contributed by atoms with Crippen molar-refractivity contribution in [2.75, 3.05) is 46.5 Å². The second-order valence-corrected chi connectivity index (χ2v) is 7.76. The monoisotopic (exact) mass is 418 g/mol. The molecule has 168 valence electrons. The standard InChI is InChI=1S/C23H38N4O3/c1-4-24-22(27-18-23(11-6-7-12-23)13-16-30-5-2)26-15-14-25-21(28)19-9-8-10-20(17-19)29-3/h8-10,17H,4-7,11-16,18H2,1-3H3,(H,25,28)(H2,24,26,27). The summed E-state index contributed by atoms with van der Waals surface area (Å²) in [5, 5.41) is 9.56. The number of nitrogens with zero attached hydrogens (tertiary/aromatic N) is 1. The van der Waals surface area contributed by atoms with Gasteiger partial charge in [0, 0.05) is 45.0 Å². The van der Waals surface area contributed by atoms with E-state index in [2.05, 4.69) is 22.9 Å². The molecular weight excluding hydrogens is 380 g/mol. The van der Waals surface area contributed by atoms with Gasteiger partial charge >= 0.3 is 0 Å². The van der Waals surface area contributed by atoms with Crippen molar-refractivity contribution >= 4 is 11.9 Å². The van der Waals surface area contributed by atoms with Crippen LogP contribution in [0.3, 0.4) is 0 Å². The Kier molecular flexibility index (Phi) is 10.5. The molecule has 1 amide bonds. The molecule has 1 aromatic carbocycles. The fourth-order valence-corrected chi connectivity index (χ4v) is 3.86. The zero-order chi connectivity index (χ0) is 21.7. The van der Waals surface area contributed by atoms with Crippen molar-refractivity contribution in [3.05, 3.63) is 29.8 Å². The molecule has 0 bridgehead atoms. The van der Waals surface area contributed by atoms with Crippen LogP contribution < -0.4 is 20.7 Å². The van der Waals surface area contributed by atoms with Gasteiger partial charge in [0.2, 0.25) is 0 Å². The Hall–Kier alpha value is -2.28. The number of benzene rings is 1. The summed E-state index contributed by atoms with van der Waals surface area (Å²) >= 11 is 0. The number of rotatable bonds is 12. The summed E-state index contributed by atoms with van der Waals surface area (Å²) in [4.78, 5) is 17.2. The molecule has 0 atom stereocenters. The van der Waals surface area contributed by atoms with E-state index in [1.54, 1.807) is 19.2 Å². The van der Waals surface area contributed by atoms with Gasteiger partial charge in [-0.2, -0.15) is 0 Å². The van der Waals surface area contributed by atoms with E-state index in [1.807, 2.05) is 19.1 Å². The molecule has 1 aliphatic rings. The lowest BCUT2D eigenvalue weighted by molar-refractivity contribution is 0.0954. The third-order valence-electron chi connectivity index (χ3n) is 5.60. The van der Waals surface area contributed by atoms with Crippen LogP contribution in [0.1, 0.15) is 56.3 Å². The molecule has 1 aromatic rings. The Morgan fingerprint density at radius 2 is 1.90 bits per heavy atom. The lowest BCUT2D eigenvalue weighted by Crippen LogP contribution is -2.42. The van der Waals surface area contributed by atoms with Crippen LogP contribution in [0.25, 0.3) is 0 Å². The lowest BCUT2D eigenvalue weighted by Gasteiger charge is -2.27. The Morgan fingerprint density at radius 3 is 2.60 bits per heavy atom. The minimum Gasteiger partial charge on any atom is -0.497 e. The molecule has 30 heavy (non-hydrogen) atoms. The van der Waals surface area contributed by atoms with Crippen molar-refractivity contribution in [1.29, 1.82) is 0 Å². The van der Waals surface area contributed by atoms with E-state index < -0.39 is 0 Å². The van der Waals surface area contributed by atoms with Crippen LogP contribution in [-0.4, -0.2) is 58.4 Å². The van der Waals surface area contributed by atoms with Gasteiger partial charge in [0.05, 0.1) is 7.11 Å². The Labute approximate surface area is 181 Å². The van der Waals surface area contributed by atoms with Crippen molar-refractivity contribution in [3.63, 3.8) is 0 Å². The molecular formula is C23H38N4O3. The summed E-state index contributed by atoms with van der Waals surface area (Å²) in [6.45, 7) is 8.40. The molecule has 0 saturated heterocycles. The highest BCUT2D eigenvalue weighted by Gasteiger charge is 2.33. The fourth-order valence-electron chi connectivity index (χ4n) is 3.86. The predicted octanol–water partition coefficient (Wildman–Crippen LogP) is 2.97. The third-order valence-corrected chi connectivity index (χ3v) is 5.60. The first-order valence-corrected chi connectivity index (χ1v) is 11.1. The van der Waals surface area contributed by atoms with Crippen LogP contribution in [-0.2, 0) is 4.74 Å². The largest absolute Gasteiger partial charge is 0.497 e. The topological polar surface area (TPSA) is 84.0 Å². The SMILES string of the molecule is CCNC(=NCC1(CCOCC)CCCC1)NCCNC(=O)c1cccc(OC)c1. The van der Waals surface area contributed by atoms with E-state index in [0.717, 1.165) is 38.7 Å². The van der Waals surface area contributed by atoms with E-state index in [-0.39, 0.29) is 11.3 Å². The van der Waals surface area contributed by atoms with Gasteiger partial charge in [0.1, 0.15) is 5.75 Å². The Morgan fingerprint density at radius 1 is 1.13 bits per heavy atom. The van der Waals surface area contributed by atoms with Crippen LogP contribution in [0.4, 0.5) is 0 Å². The molecule has 0 spiro atoms. The number of methoxy groups -OCH3 is 1. The van der Waals surface area contributed by atoms with E-state index in [9.17, 15) is 4.79 Å². The molecule has 1 fully saturated rings. The highest BCUT2D eigenvalue weighted by molar-refractivity contribution is 5.94. The highest BCUT2D eigenvalue weighted by Crippen LogP contribution is 2.41. The van der Waals surface area contributed by atoms with Crippen LogP contribution in [0, 0.1) is 5.41 Å². The number of guanidine groups is 1. The minimum absolute atomic E-state index is 0.113. The summed E-state index contributed by atoms with van der Waals surface area (Å²) in [6, 6.07) is 7.15. The number of carbonyl (C=O) groups excluding carboxylic acids is 1. The number of nitrogens with one attached hydrogen (secondary N) is 3. The smallest absolute Gasteiger partial charge is 0.251 e. The summed E-state index contributed by atoms with van der Waals surface area (Å²) in [6.07, 6.45) is 6.07. The average molecular weight is 419 g/mol. The van der Waals surface area contributed by atoms with E-state index >= 15 is 0 Å². The van der Waals surface area contributed by atoms with Crippen molar-refractivity contribution in [1.82, 2.24) is 16.0 Å². The van der Waals surface area contributed by atoms with Crippen molar-refractivity contribution < 1.29 is 14.3 Å². The third kappa shape index (κ3) is 7.86. The van der Waals surface area contributed by atoms with E-state index in [1.165, 1.54) is 25.7 Å². The van der Waals surface area contributed by atoms with Gasteiger partial charge in [-0.15, -0.1) is 0 Å². The normalized spacial score (nSPS) is 15.6. The fraction of sp³-hybridized carbons (Fsp3) is 0.652. The van der Waals surface area contributed by atoms with Crippen LogP contribution in [0.2, 0.25) is 0 Å². The Bertz CT molecular complexity index is 672. The quantitative estimate of drug-likeness (QED) is 0.276. The first kappa shape index (κ1) is 24.0. The highest BCUT2D eigenvalue weighted by atomic mass is 16.5. The van der Waals surface area contributed by atoms with Crippen molar-refractivity contribution in [3.8, 4) is 5.75 Å². The van der Waals surface area contributed by atoms with Gasteiger partial charge in [-0.1, -0.05) is 18.9 Å². The molecule has 0 unspecified atom stereocenters. The maximum Gasteiger partial charge on any atom is 0.251 e. The van der Waals surface area contributed by atoms with E-state index in [0.29, 0.717) is 24.4 Å². The van der Waals surface area contributed by atoms with Gasteiger partial charge in [-0.05, 0) is 56.7 Å². The van der Waals surface area contributed by atoms with Crippen molar-refractivity contribution in [2.24, 2.45) is 10.4 Å². The molecule has 1 saturated carbocycles. The lowest BCUT2D eigenvalue weighted by atomic mass is 9.83. The summed E-state index contributed by atoms with van der Waals surface area (Å²) in [7, 11) is 1.59. The van der Waals surface area contributed by atoms with Crippen molar-refractivity contribution in [2.45, 2.75) is 46.0 Å². The maximum atomic E-state index is 12.3. The second-order valence-electron chi connectivity index (χ2n) is 7.76. The van der Waals surface area contributed by atoms with Gasteiger partial charge < -0.3 is 25.4 Å². The van der Waals surface area contributed by atoms with Gasteiger partial charge in [-0.25, -0.2) is 0 Å². The molecule has 7 heteroatoms. The summed E-state index contributed by atoms with van der Waals surface area (Å²) in [5.74, 6) is 1.36. The maximum absolute atomic E-state index is 12.3. The van der Waals surface area contributed by atoms with Crippen LogP contribution in [0.15, 0.2) is 29.3 Å². The molecule has 2 rings (SSSR count). The predicted molar refractivity (Wildman–Crippen MR) is 121 cm³/mol. The van der Waals surface area contributed by atoms with Gasteiger partial charge in [-0.3, -0.25) is 9.79 Å². The number of hydrogen-bond acceptors (Lipinski definition) is 4. The molecule has 1 aliphatic carbocycles. The molecule has 0 aromatic heterocycles. The molecule has 3 N–H and O–H groups in total. The van der Waals surface area contributed by atoms with Gasteiger partial charge in [0.25, 0.3) is 5.91 Å². The Balaban J connectivity index is 1.81. The molecule has 0 heterocycles. The molecule has 0 radical (unpaired) electrons. The average Bonchev–Trinajstić information content (AvgIpc) is 3.24. The number of amides is 1. The summed E-state index contributed by atoms with van der Waals surface area (Å²) < 4.78 is 10.8. The molecule has 0 aliphatic heterocycles. The number of hydrogen-bond donors (Lipinski definition) is 3. The zero-order valence-electron chi connectivity index (χ0n) is 18.8. The van der Waals surface area contributed by atoms with E-state index in [4.69, 9.17) is 14.5 Å². The van der Waals surface area contributed by atoms with Gasteiger partial charge in [0.15, 0.2) is 5.96 Å². The zero-order valence-corrected chi connectivity index (χ0v) is 18.8. The first-order chi connectivity index (χ1) is 14.6. The number of ether oxygens (including phenoxy) is 2. The minimum atomic E-state index is -0.113. The van der Waals surface area contributed by atoms with Crippen LogP contribution in [0.5, 0.6) is 5.75 Å². The summed E-state index contributed by atoms with van der Waals surface area (Å²) in [5.41, 5.74) is 0.852. The first-order valence-electron chi connectivity index (χ1n) is 11.1. The number of carbonyl (C=O) groups is 1. The molecule has 7 nitrogen and oxygen atoms in total. The van der Waals surface area contributed by atoms with Crippen LogP contribution >= 0.6 is 0 Å². The second kappa shape index (κ2) is 13.1.